The zero-order valence-corrected chi connectivity index (χ0v) is 8.17. The third-order valence-corrected chi connectivity index (χ3v) is 3.55. The van der Waals surface area contributed by atoms with Gasteiger partial charge in [0.2, 0.25) is 0 Å². The van der Waals surface area contributed by atoms with E-state index >= 15 is 0 Å². The smallest absolute Gasteiger partial charge is 0.159 e. The van der Waals surface area contributed by atoms with E-state index in [2.05, 4.69) is 0 Å². The second kappa shape index (κ2) is 3.22. The molecule has 1 heterocycles. The largest absolute Gasteiger partial charge is 0.295 e. The Balaban J connectivity index is 2.49. The molecule has 2 atom stereocenters. The summed E-state index contributed by atoms with van der Waals surface area (Å²) in [6.45, 7) is 1.99. The maximum absolute atomic E-state index is 11.7. The van der Waals surface area contributed by atoms with Gasteiger partial charge in [-0.2, -0.15) is 0 Å². The van der Waals surface area contributed by atoms with Crippen LogP contribution < -0.4 is 0 Å². The third-order valence-electron chi connectivity index (χ3n) is 2.27. The van der Waals surface area contributed by atoms with Gasteiger partial charge in [0.1, 0.15) is 0 Å². The molecule has 2 rings (SSSR count). The lowest BCUT2D eigenvalue weighted by Gasteiger charge is -2.26. The van der Waals surface area contributed by atoms with Gasteiger partial charge < -0.3 is 0 Å². The molecular formula is C10H9BOS. The first-order valence-corrected chi connectivity index (χ1v) is 5.13. The van der Waals surface area contributed by atoms with Crippen LogP contribution in [0.3, 0.4) is 0 Å². The molecule has 1 aromatic carbocycles. The average molecular weight is 188 g/mol. The van der Waals surface area contributed by atoms with E-state index in [1.165, 1.54) is 0 Å². The highest BCUT2D eigenvalue weighted by atomic mass is 32.2. The number of thioether (sulfide) groups is 1. The minimum absolute atomic E-state index is 0.0712. The molecule has 1 aliphatic rings. The first kappa shape index (κ1) is 8.88. The van der Waals surface area contributed by atoms with E-state index in [0.717, 1.165) is 10.5 Å². The summed E-state index contributed by atoms with van der Waals surface area (Å²) >= 11 is 1.68. The van der Waals surface area contributed by atoms with Crippen LogP contribution in [-0.4, -0.2) is 18.9 Å². The SMILES string of the molecule is [B]C1C(=O)c2ccccc2SC1C. The Bertz CT molecular complexity index is 351. The molecular weight excluding hydrogens is 179 g/mol. The van der Waals surface area contributed by atoms with Crippen LogP contribution in [0.1, 0.15) is 17.3 Å². The predicted octanol–water partition coefficient (Wildman–Crippen LogP) is 2.32. The molecule has 64 valence electrons. The summed E-state index contributed by atoms with van der Waals surface area (Å²) in [6.07, 6.45) is 0. The van der Waals surface area contributed by atoms with Gasteiger partial charge in [-0.3, -0.25) is 4.79 Å². The quantitative estimate of drug-likeness (QED) is 0.581. The number of ketones is 1. The van der Waals surface area contributed by atoms with E-state index in [0.29, 0.717) is 0 Å². The number of Topliss-reactive ketones (excluding diaryl/α,β-unsaturated/α-hetero) is 1. The Hall–Kier alpha value is -0.695. The molecule has 0 saturated heterocycles. The number of hydrogen-bond donors (Lipinski definition) is 0. The van der Waals surface area contributed by atoms with Gasteiger partial charge in [-0.25, -0.2) is 0 Å². The average Bonchev–Trinajstić information content (AvgIpc) is 2.15. The van der Waals surface area contributed by atoms with E-state index in [4.69, 9.17) is 7.85 Å². The highest BCUT2D eigenvalue weighted by Gasteiger charge is 2.29. The van der Waals surface area contributed by atoms with Crippen molar-refractivity contribution in [3.05, 3.63) is 29.8 Å². The molecule has 0 aromatic heterocycles. The molecule has 13 heavy (non-hydrogen) atoms. The minimum atomic E-state index is -0.347. The summed E-state index contributed by atoms with van der Waals surface area (Å²) < 4.78 is 0. The van der Waals surface area contributed by atoms with Crippen molar-refractivity contribution in [2.45, 2.75) is 22.9 Å². The number of carbonyl (C=O) groups is 1. The number of hydrogen-bond acceptors (Lipinski definition) is 2. The van der Waals surface area contributed by atoms with Crippen molar-refractivity contribution in [3.63, 3.8) is 0 Å². The first-order chi connectivity index (χ1) is 6.20. The number of benzene rings is 1. The lowest BCUT2D eigenvalue weighted by atomic mass is 9.78. The van der Waals surface area contributed by atoms with Crippen molar-refractivity contribution in [2.24, 2.45) is 0 Å². The lowest BCUT2D eigenvalue weighted by Crippen LogP contribution is -2.23. The van der Waals surface area contributed by atoms with Crippen LogP contribution in [0.4, 0.5) is 0 Å². The van der Waals surface area contributed by atoms with Crippen molar-refractivity contribution in [2.75, 3.05) is 0 Å². The fourth-order valence-corrected chi connectivity index (χ4v) is 2.56. The summed E-state index contributed by atoms with van der Waals surface area (Å²) in [7, 11) is 5.77. The summed E-state index contributed by atoms with van der Waals surface area (Å²) in [5, 5.41) is 0.183. The minimum Gasteiger partial charge on any atom is -0.295 e. The van der Waals surface area contributed by atoms with Crippen LogP contribution >= 0.6 is 11.8 Å². The molecule has 3 heteroatoms. The van der Waals surface area contributed by atoms with Gasteiger partial charge in [-0.1, -0.05) is 25.1 Å². The van der Waals surface area contributed by atoms with Crippen molar-refractivity contribution >= 4 is 25.4 Å². The standard InChI is InChI=1S/C10H9BOS/c1-6-9(11)10(12)7-4-2-3-5-8(7)13-6/h2-6,9H,1H3. The summed E-state index contributed by atoms with van der Waals surface area (Å²) in [5.41, 5.74) is 0.776. The summed E-state index contributed by atoms with van der Waals surface area (Å²) in [6, 6.07) is 7.64. The van der Waals surface area contributed by atoms with Crippen LogP contribution in [0, 0.1) is 0 Å². The van der Waals surface area contributed by atoms with Crippen molar-refractivity contribution in [1.82, 2.24) is 0 Å². The van der Waals surface area contributed by atoms with E-state index < -0.39 is 0 Å². The second-order valence-corrected chi connectivity index (χ2v) is 4.63. The molecule has 1 aromatic rings. The highest BCUT2D eigenvalue weighted by molar-refractivity contribution is 8.00. The number of fused-ring (bicyclic) bond motifs is 1. The van der Waals surface area contributed by atoms with Crippen LogP contribution in [0.15, 0.2) is 29.2 Å². The third kappa shape index (κ3) is 1.41. The van der Waals surface area contributed by atoms with E-state index in [9.17, 15) is 4.79 Å². The molecule has 0 aliphatic carbocycles. The predicted molar refractivity (Wildman–Crippen MR) is 55.6 cm³/mol. The topological polar surface area (TPSA) is 17.1 Å². The highest BCUT2D eigenvalue weighted by Crippen LogP contribution is 2.39. The summed E-state index contributed by atoms with van der Waals surface area (Å²) in [5.74, 6) is -0.276. The molecule has 0 spiro atoms. The van der Waals surface area contributed by atoms with E-state index in [1.807, 2.05) is 31.2 Å². The lowest BCUT2D eigenvalue weighted by molar-refractivity contribution is 0.0979. The normalized spacial score (nSPS) is 27.0. The van der Waals surface area contributed by atoms with E-state index in [1.54, 1.807) is 11.8 Å². The van der Waals surface area contributed by atoms with Crippen LogP contribution in [0.25, 0.3) is 0 Å². The molecule has 0 N–H and O–H groups in total. The maximum Gasteiger partial charge on any atom is 0.159 e. The molecule has 0 saturated carbocycles. The van der Waals surface area contributed by atoms with Gasteiger partial charge in [-0.05, 0) is 11.9 Å². The molecule has 0 amide bonds. The zero-order valence-electron chi connectivity index (χ0n) is 7.36. The fraction of sp³-hybridized carbons (Fsp3) is 0.300. The molecule has 1 nitrogen and oxygen atoms in total. The molecule has 1 aliphatic heterocycles. The number of rotatable bonds is 0. The molecule has 0 bridgehead atoms. The van der Waals surface area contributed by atoms with Gasteiger partial charge in [0.25, 0.3) is 0 Å². The van der Waals surface area contributed by atoms with Crippen molar-refractivity contribution in [3.8, 4) is 0 Å². The molecule has 2 unspecified atom stereocenters. The molecule has 2 radical (unpaired) electrons. The number of carbonyl (C=O) groups excluding carboxylic acids is 1. The van der Waals surface area contributed by atoms with Crippen molar-refractivity contribution in [1.29, 1.82) is 0 Å². The zero-order chi connectivity index (χ0) is 9.42. The van der Waals surface area contributed by atoms with Crippen molar-refractivity contribution < 1.29 is 4.79 Å². The monoisotopic (exact) mass is 188 g/mol. The van der Waals surface area contributed by atoms with Crippen LogP contribution in [0.2, 0.25) is 5.82 Å². The van der Waals surface area contributed by atoms with Gasteiger partial charge in [0.15, 0.2) is 5.78 Å². The van der Waals surface area contributed by atoms with Crippen LogP contribution in [-0.2, 0) is 0 Å². The Kier molecular flexibility index (Phi) is 2.20. The Morgan fingerprint density at radius 1 is 1.38 bits per heavy atom. The van der Waals surface area contributed by atoms with Crippen LogP contribution in [0.5, 0.6) is 0 Å². The molecule has 0 fully saturated rings. The Morgan fingerprint density at radius 3 is 2.85 bits per heavy atom. The Labute approximate surface area is 83.3 Å². The fourth-order valence-electron chi connectivity index (χ4n) is 1.44. The van der Waals surface area contributed by atoms with E-state index in [-0.39, 0.29) is 16.9 Å². The van der Waals surface area contributed by atoms with Gasteiger partial charge in [-0.15, -0.1) is 11.8 Å². The van der Waals surface area contributed by atoms with Gasteiger partial charge in [0.05, 0.1) is 7.85 Å². The second-order valence-electron chi connectivity index (χ2n) is 3.21. The maximum atomic E-state index is 11.7. The first-order valence-electron chi connectivity index (χ1n) is 4.25. The summed E-state index contributed by atoms with van der Waals surface area (Å²) in [4.78, 5) is 12.7. The van der Waals surface area contributed by atoms with Gasteiger partial charge in [0, 0.05) is 15.7 Å². The van der Waals surface area contributed by atoms with Gasteiger partial charge >= 0.3 is 0 Å². The Morgan fingerprint density at radius 2 is 2.08 bits per heavy atom.